The van der Waals surface area contributed by atoms with E-state index in [1.807, 2.05) is 6.20 Å². The minimum absolute atomic E-state index is 0.195. The lowest BCUT2D eigenvalue weighted by molar-refractivity contribution is 0.154. The van der Waals surface area contributed by atoms with E-state index in [1.54, 1.807) is 0 Å². The van der Waals surface area contributed by atoms with Gasteiger partial charge in [0.2, 0.25) is 0 Å². The van der Waals surface area contributed by atoms with E-state index in [1.165, 1.54) is 0 Å². The molecule has 1 fully saturated rings. The first-order chi connectivity index (χ1) is 8.70. The van der Waals surface area contributed by atoms with Crippen molar-refractivity contribution in [3.63, 3.8) is 0 Å². The van der Waals surface area contributed by atoms with Crippen LogP contribution in [-0.2, 0) is 0 Å². The van der Waals surface area contributed by atoms with Gasteiger partial charge in [-0.1, -0.05) is 6.92 Å². The van der Waals surface area contributed by atoms with Crippen molar-refractivity contribution in [1.82, 2.24) is 10.3 Å². The average Bonchev–Trinajstić information content (AvgIpc) is 2.39. The number of aliphatic hydroxyl groups is 1. The van der Waals surface area contributed by atoms with E-state index in [9.17, 15) is 5.11 Å². The van der Waals surface area contributed by atoms with Crippen molar-refractivity contribution in [2.24, 2.45) is 0 Å². The number of aliphatic hydroxyl groups excluding tert-OH is 1. The van der Waals surface area contributed by atoms with Crippen LogP contribution in [0, 0.1) is 0 Å². The molecule has 2 N–H and O–H groups in total. The molecule has 1 aliphatic rings. The van der Waals surface area contributed by atoms with Gasteiger partial charge in [0.15, 0.2) is 0 Å². The topological polar surface area (TPSA) is 48.4 Å². The van der Waals surface area contributed by atoms with Gasteiger partial charge in [-0.25, -0.2) is 0 Å². The molecule has 1 aromatic rings. The molecule has 4 nitrogen and oxygen atoms in total. The zero-order valence-electron chi connectivity index (χ0n) is 11.3. The van der Waals surface area contributed by atoms with Crippen LogP contribution in [0.4, 0.5) is 5.69 Å². The van der Waals surface area contributed by atoms with Gasteiger partial charge in [-0.2, -0.15) is 0 Å². The summed E-state index contributed by atoms with van der Waals surface area (Å²) in [5.41, 5.74) is 2.18. The number of rotatable bonds is 4. The molecular formula is C14H23N3O. The summed E-state index contributed by atoms with van der Waals surface area (Å²) in [7, 11) is 0. The molecule has 0 amide bonds. The van der Waals surface area contributed by atoms with Gasteiger partial charge in [-0.3, -0.25) is 4.98 Å². The van der Waals surface area contributed by atoms with Gasteiger partial charge in [0.1, 0.15) is 0 Å². The first-order valence-corrected chi connectivity index (χ1v) is 6.83. The molecule has 100 valence electrons. The van der Waals surface area contributed by atoms with Crippen LogP contribution in [0.1, 0.15) is 38.4 Å². The Morgan fingerprint density at radius 2 is 2.39 bits per heavy atom. The highest BCUT2D eigenvalue weighted by molar-refractivity contribution is 5.45. The fraction of sp³-hybridized carbons (Fsp3) is 0.643. The third-order valence-electron chi connectivity index (χ3n) is 3.49. The number of pyridine rings is 1. The van der Waals surface area contributed by atoms with E-state index in [2.05, 4.69) is 41.2 Å². The quantitative estimate of drug-likeness (QED) is 0.853. The Morgan fingerprint density at radius 3 is 3.00 bits per heavy atom. The second kappa shape index (κ2) is 6.16. The highest BCUT2D eigenvalue weighted by Crippen LogP contribution is 2.20. The number of piperidine rings is 1. The maximum absolute atomic E-state index is 9.68. The predicted molar refractivity (Wildman–Crippen MR) is 73.8 cm³/mol. The summed E-state index contributed by atoms with van der Waals surface area (Å²) >= 11 is 0. The number of nitrogens with zero attached hydrogens (tertiary/aromatic N) is 2. The predicted octanol–water partition coefficient (Wildman–Crippen LogP) is 1.71. The maximum Gasteiger partial charge on any atom is 0.0715 e. The van der Waals surface area contributed by atoms with E-state index in [4.69, 9.17) is 0 Å². The van der Waals surface area contributed by atoms with Crippen LogP contribution in [0.25, 0.3) is 0 Å². The number of anilines is 1. The van der Waals surface area contributed by atoms with Gasteiger partial charge < -0.3 is 15.3 Å². The summed E-state index contributed by atoms with van der Waals surface area (Å²) in [5.74, 6) is 0. The maximum atomic E-state index is 9.68. The Kier molecular flexibility index (Phi) is 4.55. The molecule has 0 aromatic carbocycles. The van der Waals surface area contributed by atoms with Gasteiger partial charge in [-0.05, 0) is 38.4 Å². The molecule has 18 heavy (non-hydrogen) atoms. The Labute approximate surface area is 109 Å². The fourth-order valence-electron chi connectivity index (χ4n) is 2.44. The summed E-state index contributed by atoms with van der Waals surface area (Å²) in [6, 6.07) is 4.47. The summed E-state index contributed by atoms with van der Waals surface area (Å²) in [5, 5.41) is 13.0. The summed E-state index contributed by atoms with van der Waals surface area (Å²) < 4.78 is 0. The van der Waals surface area contributed by atoms with Gasteiger partial charge in [-0.15, -0.1) is 0 Å². The Balaban J connectivity index is 2.02. The van der Waals surface area contributed by atoms with E-state index >= 15 is 0 Å². The summed E-state index contributed by atoms with van der Waals surface area (Å²) in [6.07, 6.45) is 3.69. The molecule has 0 bridgehead atoms. The van der Waals surface area contributed by atoms with Crippen LogP contribution in [0.2, 0.25) is 0 Å². The van der Waals surface area contributed by atoms with Gasteiger partial charge in [0.25, 0.3) is 0 Å². The minimum Gasteiger partial charge on any atom is -0.391 e. The molecule has 0 radical (unpaired) electrons. The van der Waals surface area contributed by atoms with Gasteiger partial charge in [0, 0.05) is 19.1 Å². The third kappa shape index (κ3) is 3.21. The standard InChI is InChI=1S/C14H23N3O/c1-3-15-11(2)14-7-6-12(9-16-14)17-8-4-5-13(18)10-17/h6-7,9,11,13,15,18H,3-5,8,10H2,1-2H3. The monoisotopic (exact) mass is 249 g/mol. The Morgan fingerprint density at radius 1 is 1.56 bits per heavy atom. The van der Waals surface area contributed by atoms with Gasteiger partial charge in [0.05, 0.1) is 23.7 Å². The highest BCUT2D eigenvalue weighted by atomic mass is 16.3. The normalized spacial score (nSPS) is 21.9. The second-order valence-corrected chi connectivity index (χ2v) is 4.96. The minimum atomic E-state index is -0.195. The lowest BCUT2D eigenvalue weighted by Gasteiger charge is -2.31. The average molecular weight is 249 g/mol. The van der Waals surface area contributed by atoms with Crippen molar-refractivity contribution in [1.29, 1.82) is 0 Å². The summed E-state index contributed by atoms with van der Waals surface area (Å²) in [6.45, 7) is 6.91. The molecule has 4 heteroatoms. The van der Waals surface area contributed by atoms with Crippen LogP contribution in [0.5, 0.6) is 0 Å². The van der Waals surface area contributed by atoms with Crippen molar-refractivity contribution in [3.8, 4) is 0 Å². The molecule has 0 spiro atoms. The van der Waals surface area contributed by atoms with Crippen LogP contribution in [-0.4, -0.2) is 35.8 Å². The molecule has 0 saturated carbocycles. The van der Waals surface area contributed by atoms with Gasteiger partial charge >= 0.3 is 0 Å². The van der Waals surface area contributed by atoms with Crippen molar-refractivity contribution < 1.29 is 5.11 Å². The zero-order valence-corrected chi connectivity index (χ0v) is 11.3. The first-order valence-electron chi connectivity index (χ1n) is 6.83. The first kappa shape index (κ1) is 13.3. The van der Waals surface area contributed by atoms with Crippen molar-refractivity contribution >= 4 is 5.69 Å². The number of hydrogen-bond acceptors (Lipinski definition) is 4. The highest BCUT2D eigenvalue weighted by Gasteiger charge is 2.18. The molecule has 2 unspecified atom stereocenters. The van der Waals surface area contributed by atoms with E-state index in [0.717, 1.165) is 43.9 Å². The van der Waals surface area contributed by atoms with Crippen LogP contribution in [0.15, 0.2) is 18.3 Å². The van der Waals surface area contributed by atoms with Crippen LogP contribution < -0.4 is 10.2 Å². The molecule has 1 aromatic heterocycles. The number of nitrogens with one attached hydrogen (secondary N) is 1. The van der Waals surface area contributed by atoms with E-state index in [-0.39, 0.29) is 12.1 Å². The number of hydrogen-bond donors (Lipinski definition) is 2. The molecule has 2 heterocycles. The van der Waals surface area contributed by atoms with Crippen molar-refractivity contribution in [2.45, 2.75) is 38.8 Å². The van der Waals surface area contributed by atoms with Crippen LogP contribution >= 0.6 is 0 Å². The number of aromatic nitrogens is 1. The lowest BCUT2D eigenvalue weighted by atomic mass is 10.1. The molecule has 0 aliphatic carbocycles. The third-order valence-corrected chi connectivity index (χ3v) is 3.49. The van der Waals surface area contributed by atoms with Crippen molar-refractivity contribution in [3.05, 3.63) is 24.0 Å². The summed E-state index contributed by atoms with van der Waals surface area (Å²) in [4.78, 5) is 6.72. The van der Waals surface area contributed by atoms with Crippen molar-refractivity contribution in [2.75, 3.05) is 24.5 Å². The molecule has 1 aliphatic heterocycles. The fourth-order valence-corrected chi connectivity index (χ4v) is 2.44. The molecule has 1 saturated heterocycles. The van der Waals surface area contributed by atoms with E-state index < -0.39 is 0 Å². The number of β-amino-alcohol motifs (C(OH)–C–C–N with tert-alkyl or cyclic N) is 1. The Bertz CT molecular complexity index is 366. The zero-order chi connectivity index (χ0) is 13.0. The smallest absolute Gasteiger partial charge is 0.0715 e. The largest absolute Gasteiger partial charge is 0.391 e. The SMILES string of the molecule is CCNC(C)c1ccc(N2CCCC(O)C2)cn1. The molecule has 2 rings (SSSR count). The van der Waals surface area contributed by atoms with Crippen LogP contribution in [0.3, 0.4) is 0 Å². The molecule has 2 atom stereocenters. The van der Waals surface area contributed by atoms with E-state index in [0.29, 0.717) is 0 Å². The second-order valence-electron chi connectivity index (χ2n) is 4.96. The lowest BCUT2D eigenvalue weighted by Crippen LogP contribution is -2.38. The molecular weight excluding hydrogens is 226 g/mol. The Hall–Kier alpha value is -1.13.